The van der Waals surface area contributed by atoms with Gasteiger partial charge in [-0.15, -0.1) is 0 Å². The summed E-state index contributed by atoms with van der Waals surface area (Å²) in [4.78, 5) is 27.1. The number of amides is 2. The van der Waals surface area contributed by atoms with Crippen molar-refractivity contribution in [3.05, 3.63) is 0 Å². The molecule has 2 aliphatic rings. The van der Waals surface area contributed by atoms with E-state index in [4.69, 9.17) is 0 Å². The van der Waals surface area contributed by atoms with E-state index in [9.17, 15) is 9.59 Å². The number of carbonyl (C=O) groups excluding carboxylic acids is 2. The average molecular weight is 312 g/mol. The smallest absolute Gasteiger partial charge is 0.245 e. The zero-order valence-electron chi connectivity index (χ0n) is 13.6. The van der Waals surface area contributed by atoms with Gasteiger partial charge in [-0.1, -0.05) is 33.6 Å². The van der Waals surface area contributed by atoms with E-state index in [-0.39, 0.29) is 34.6 Å². The van der Waals surface area contributed by atoms with Gasteiger partial charge in [0.1, 0.15) is 12.1 Å². The van der Waals surface area contributed by atoms with Crippen molar-refractivity contribution < 1.29 is 9.59 Å². The lowest BCUT2D eigenvalue weighted by molar-refractivity contribution is -0.151. The Labute approximate surface area is 132 Å². The first-order valence-corrected chi connectivity index (χ1v) is 9.32. The first-order chi connectivity index (χ1) is 9.94. The molecule has 5 heteroatoms. The lowest BCUT2D eigenvalue weighted by Crippen LogP contribution is -2.66. The molecule has 1 saturated carbocycles. The van der Waals surface area contributed by atoms with E-state index in [1.807, 2.05) is 37.4 Å². The molecule has 1 heterocycles. The van der Waals surface area contributed by atoms with Crippen LogP contribution in [0.15, 0.2) is 0 Å². The molecular weight excluding hydrogens is 284 g/mol. The first-order valence-electron chi connectivity index (χ1n) is 8.10. The molecule has 1 aliphatic carbocycles. The maximum absolute atomic E-state index is 12.8. The Morgan fingerprint density at radius 1 is 1.33 bits per heavy atom. The topological polar surface area (TPSA) is 49.4 Å². The third-order valence-electron chi connectivity index (χ3n) is 4.95. The Morgan fingerprint density at radius 2 is 1.95 bits per heavy atom. The fourth-order valence-corrected chi connectivity index (χ4v) is 4.63. The fraction of sp³-hybridized carbons (Fsp3) is 0.875. The Balaban J connectivity index is 2.25. The van der Waals surface area contributed by atoms with Crippen molar-refractivity contribution in [3.8, 4) is 0 Å². The summed E-state index contributed by atoms with van der Waals surface area (Å²) < 4.78 is 0.151. The molecule has 2 amide bonds. The van der Waals surface area contributed by atoms with Gasteiger partial charge in [-0.3, -0.25) is 9.59 Å². The number of hydrogen-bond donors (Lipinski definition) is 1. The summed E-state index contributed by atoms with van der Waals surface area (Å²) in [6.07, 6.45) is 7.58. The van der Waals surface area contributed by atoms with E-state index in [0.717, 1.165) is 19.4 Å². The highest BCUT2D eigenvalue weighted by atomic mass is 32.2. The van der Waals surface area contributed by atoms with Crippen molar-refractivity contribution in [2.24, 2.45) is 5.92 Å². The summed E-state index contributed by atoms with van der Waals surface area (Å²) in [6.45, 7) is 6.73. The Hall–Kier alpha value is -0.710. The van der Waals surface area contributed by atoms with Crippen LogP contribution in [0.2, 0.25) is 0 Å². The molecule has 21 heavy (non-hydrogen) atoms. The Morgan fingerprint density at radius 3 is 2.43 bits per heavy atom. The van der Waals surface area contributed by atoms with E-state index < -0.39 is 0 Å². The Kier molecular flexibility index (Phi) is 5.23. The van der Waals surface area contributed by atoms with Crippen LogP contribution in [0.25, 0.3) is 0 Å². The van der Waals surface area contributed by atoms with Gasteiger partial charge in [-0.05, 0) is 31.4 Å². The van der Waals surface area contributed by atoms with Crippen LogP contribution in [-0.2, 0) is 9.59 Å². The highest BCUT2D eigenvalue weighted by Crippen LogP contribution is 2.41. The molecule has 0 aromatic rings. The fourth-order valence-electron chi connectivity index (χ4n) is 3.67. The number of nitrogens with zero attached hydrogens (tertiary/aromatic N) is 1. The minimum atomic E-state index is -0.340. The second-order valence-electron chi connectivity index (χ2n) is 6.72. The third kappa shape index (κ3) is 3.22. The molecule has 2 unspecified atom stereocenters. The predicted octanol–water partition coefficient (Wildman–Crippen LogP) is 2.42. The quantitative estimate of drug-likeness (QED) is 0.848. The molecule has 4 nitrogen and oxygen atoms in total. The number of thioether (sulfide) groups is 1. The lowest BCUT2D eigenvalue weighted by atomic mass is 9.94. The van der Waals surface area contributed by atoms with Crippen LogP contribution >= 0.6 is 11.8 Å². The van der Waals surface area contributed by atoms with Gasteiger partial charge < -0.3 is 10.2 Å². The van der Waals surface area contributed by atoms with Gasteiger partial charge in [0.15, 0.2) is 0 Å². The summed E-state index contributed by atoms with van der Waals surface area (Å²) in [5.41, 5.74) is 0. The lowest BCUT2D eigenvalue weighted by Gasteiger charge is -2.44. The number of rotatable bonds is 5. The van der Waals surface area contributed by atoms with Crippen molar-refractivity contribution >= 4 is 23.6 Å². The SMILES string of the molecule is CCC1NC(=O)C(C(C)C)N(CC2(SC)CCCC2)C1=O. The molecular formula is C16H28N2O2S. The molecule has 0 bridgehead atoms. The summed E-state index contributed by atoms with van der Waals surface area (Å²) in [5.74, 6) is 0.272. The van der Waals surface area contributed by atoms with Crippen LogP contribution in [0.3, 0.4) is 0 Å². The standard InChI is InChI=1S/C16H28N2O2S/c1-5-12-15(20)18(13(11(2)3)14(19)17-12)10-16(21-4)8-6-7-9-16/h11-13H,5-10H2,1-4H3,(H,17,19). The Bertz CT molecular complexity index is 405. The molecule has 1 saturated heterocycles. The van der Waals surface area contributed by atoms with Crippen LogP contribution in [0, 0.1) is 5.92 Å². The highest BCUT2D eigenvalue weighted by molar-refractivity contribution is 8.00. The molecule has 1 N–H and O–H groups in total. The van der Waals surface area contributed by atoms with Gasteiger partial charge in [0.05, 0.1) is 0 Å². The minimum absolute atomic E-state index is 0.0192. The molecule has 0 spiro atoms. The number of carbonyl (C=O) groups is 2. The van der Waals surface area contributed by atoms with Crippen molar-refractivity contribution in [1.29, 1.82) is 0 Å². The second-order valence-corrected chi connectivity index (χ2v) is 7.99. The average Bonchev–Trinajstić information content (AvgIpc) is 2.91. The maximum atomic E-state index is 12.8. The van der Waals surface area contributed by atoms with E-state index in [1.54, 1.807) is 0 Å². The molecule has 1 aliphatic heterocycles. The monoisotopic (exact) mass is 312 g/mol. The van der Waals surface area contributed by atoms with Crippen LogP contribution < -0.4 is 5.32 Å². The summed E-state index contributed by atoms with van der Waals surface area (Å²) in [5, 5.41) is 2.90. The summed E-state index contributed by atoms with van der Waals surface area (Å²) >= 11 is 1.87. The van der Waals surface area contributed by atoms with Crippen LogP contribution in [0.5, 0.6) is 0 Å². The minimum Gasteiger partial charge on any atom is -0.343 e. The van der Waals surface area contributed by atoms with Crippen LogP contribution in [0.4, 0.5) is 0 Å². The molecule has 0 aromatic carbocycles. The molecule has 2 atom stereocenters. The molecule has 0 radical (unpaired) electrons. The zero-order valence-corrected chi connectivity index (χ0v) is 14.5. The molecule has 0 aromatic heterocycles. The van der Waals surface area contributed by atoms with Crippen molar-refractivity contribution in [2.75, 3.05) is 12.8 Å². The van der Waals surface area contributed by atoms with E-state index in [1.165, 1.54) is 12.8 Å². The summed E-state index contributed by atoms with van der Waals surface area (Å²) in [6, 6.07) is -0.655. The van der Waals surface area contributed by atoms with E-state index >= 15 is 0 Å². The normalized spacial score (nSPS) is 29.1. The highest BCUT2D eigenvalue weighted by Gasteiger charge is 2.45. The first kappa shape index (κ1) is 16.7. The number of nitrogens with one attached hydrogen (secondary N) is 1. The van der Waals surface area contributed by atoms with Gasteiger partial charge in [-0.25, -0.2) is 0 Å². The number of piperazine rings is 1. The van der Waals surface area contributed by atoms with Gasteiger partial charge in [0.25, 0.3) is 0 Å². The largest absolute Gasteiger partial charge is 0.343 e. The molecule has 2 fully saturated rings. The van der Waals surface area contributed by atoms with Crippen LogP contribution in [-0.4, -0.2) is 46.3 Å². The van der Waals surface area contributed by atoms with Crippen molar-refractivity contribution in [1.82, 2.24) is 10.2 Å². The molecule has 2 rings (SSSR count). The van der Waals surface area contributed by atoms with Gasteiger partial charge in [0, 0.05) is 11.3 Å². The van der Waals surface area contributed by atoms with Gasteiger partial charge in [-0.2, -0.15) is 11.8 Å². The van der Waals surface area contributed by atoms with E-state index in [2.05, 4.69) is 11.6 Å². The van der Waals surface area contributed by atoms with Gasteiger partial charge >= 0.3 is 0 Å². The maximum Gasteiger partial charge on any atom is 0.245 e. The second kappa shape index (κ2) is 6.59. The third-order valence-corrected chi connectivity index (χ3v) is 6.35. The number of hydrogen-bond acceptors (Lipinski definition) is 3. The summed E-state index contributed by atoms with van der Waals surface area (Å²) in [7, 11) is 0. The van der Waals surface area contributed by atoms with Crippen LogP contribution in [0.1, 0.15) is 52.9 Å². The van der Waals surface area contributed by atoms with E-state index in [0.29, 0.717) is 6.42 Å². The van der Waals surface area contributed by atoms with Crippen molar-refractivity contribution in [2.45, 2.75) is 69.7 Å². The predicted molar refractivity (Wildman–Crippen MR) is 87.3 cm³/mol. The molecule has 120 valence electrons. The van der Waals surface area contributed by atoms with Gasteiger partial charge in [0.2, 0.25) is 11.8 Å². The van der Waals surface area contributed by atoms with Crippen molar-refractivity contribution in [3.63, 3.8) is 0 Å². The zero-order chi connectivity index (χ0) is 15.6.